The van der Waals surface area contributed by atoms with Crippen LogP contribution in [0.1, 0.15) is 37.7 Å². The van der Waals surface area contributed by atoms with Crippen LogP contribution in [0.3, 0.4) is 0 Å². The van der Waals surface area contributed by atoms with E-state index in [1.165, 1.54) is 37.5 Å². The lowest BCUT2D eigenvalue weighted by molar-refractivity contribution is -0.146. The minimum absolute atomic E-state index is 0.0241. The minimum atomic E-state index is -0.521. The molecule has 0 radical (unpaired) electrons. The number of hydrogen-bond acceptors (Lipinski definition) is 5. The molecule has 5 nitrogen and oxygen atoms in total. The van der Waals surface area contributed by atoms with Gasteiger partial charge in [0, 0.05) is 29.5 Å². The van der Waals surface area contributed by atoms with E-state index < -0.39 is 5.63 Å². The fourth-order valence-electron chi connectivity index (χ4n) is 4.40. The Balaban J connectivity index is 1.44. The predicted octanol–water partition coefficient (Wildman–Crippen LogP) is 3.37. The summed E-state index contributed by atoms with van der Waals surface area (Å²) in [6.45, 7) is 0.0481. The number of benzene rings is 1. The molecule has 2 bridgehead atoms. The van der Waals surface area contributed by atoms with Crippen molar-refractivity contribution in [2.75, 3.05) is 0 Å². The second-order valence-electron chi connectivity index (χ2n) is 7.07. The molecule has 2 saturated carbocycles. The van der Waals surface area contributed by atoms with Crippen LogP contribution in [-0.4, -0.2) is 11.1 Å². The molecule has 2 aliphatic rings. The van der Waals surface area contributed by atoms with Crippen LogP contribution in [0.15, 0.2) is 33.5 Å². The molecule has 2 fully saturated rings. The van der Waals surface area contributed by atoms with E-state index in [1.54, 1.807) is 6.07 Å². The summed E-state index contributed by atoms with van der Waals surface area (Å²) >= 11 is 0. The fraction of sp³-hybridized carbons (Fsp3) is 0.474. The van der Waals surface area contributed by atoms with Gasteiger partial charge in [-0.25, -0.2) is 4.79 Å². The van der Waals surface area contributed by atoms with Crippen molar-refractivity contribution < 1.29 is 19.1 Å². The van der Waals surface area contributed by atoms with Crippen LogP contribution in [0.25, 0.3) is 11.0 Å². The number of carbonyl (C=O) groups excluding carboxylic acids is 1. The van der Waals surface area contributed by atoms with Crippen molar-refractivity contribution in [3.8, 4) is 5.75 Å². The molecule has 0 spiro atoms. The summed E-state index contributed by atoms with van der Waals surface area (Å²) in [5, 5.41) is 10.2. The third kappa shape index (κ3) is 2.90. The highest BCUT2D eigenvalue weighted by Crippen LogP contribution is 2.49. The normalized spacial score (nSPS) is 25.2. The molecule has 2 aliphatic carbocycles. The van der Waals surface area contributed by atoms with E-state index >= 15 is 0 Å². The maximum Gasteiger partial charge on any atom is 0.336 e. The van der Waals surface area contributed by atoms with Crippen molar-refractivity contribution in [2.24, 2.45) is 17.8 Å². The summed E-state index contributed by atoms with van der Waals surface area (Å²) < 4.78 is 10.5. The number of phenolic OH excluding ortho intramolecular Hbond substituents is 1. The third-order valence-electron chi connectivity index (χ3n) is 5.52. The molecular formula is C19H20O5. The van der Waals surface area contributed by atoms with Crippen molar-refractivity contribution in [1.29, 1.82) is 0 Å². The molecule has 0 amide bonds. The Labute approximate surface area is 139 Å². The fourth-order valence-corrected chi connectivity index (χ4v) is 4.40. The quantitative estimate of drug-likeness (QED) is 0.688. The molecule has 5 heteroatoms. The molecule has 0 aliphatic heterocycles. The Morgan fingerprint density at radius 3 is 2.88 bits per heavy atom. The van der Waals surface area contributed by atoms with Crippen LogP contribution in [0.4, 0.5) is 0 Å². The summed E-state index contributed by atoms with van der Waals surface area (Å²) in [6.07, 6.45) is 5.45. The number of carbonyl (C=O) groups is 1. The van der Waals surface area contributed by atoms with Gasteiger partial charge in [-0.2, -0.15) is 0 Å². The zero-order valence-electron chi connectivity index (χ0n) is 13.4. The van der Waals surface area contributed by atoms with Gasteiger partial charge in [0.25, 0.3) is 0 Å². The second kappa shape index (κ2) is 5.96. The van der Waals surface area contributed by atoms with Crippen LogP contribution < -0.4 is 5.63 Å². The Morgan fingerprint density at radius 2 is 2.12 bits per heavy atom. The molecule has 24 heavy (non-hydrogen) atoms. The summed E-state index contributed by atoms with van der Waals surface area (Å²) in [6, 6.07) is 5.90. The molecule has 1 aromatic heterocycles. The van der Waals surface area contributed by atoms with Gasteiger partial charge in [0.1, 0.15) is 17.9 Å². The molecular weight excluding hydrogens is 308 g/mol. The summed E-state index contributed by atoms with van der Waals surface area (Å²) in [4.78, 5) is 23.8. The van der Waals surface area contributed by atoms with E-state index in [2.05, 4.69) is 0 Å². The molecule has 126 valence electrons. The third-order valence-corrected chi connectivity index (χ3v) is 5.52. The molecule has 0 unspecified atom stereocenters. The molecule has 4 rings (SSSR count). The van der Waals surface area contributed by atoms with Gasteiger partial charge >= 0.3 is 11.6 Å². The SMILES string of the molecule is O=C(C[C@@H]1C[C@@H]2CC[C@@H]1C2)OCc1cc(=O)oc2cc(O)ccc12. The number of rotatable bonds is 4. The Bertz CT molecular complexity index is 837. The maximum atomic E-state index is 12.2. The van der Waals surface area contributed by atoms with Gasteiger partial charge < -0.3 is 14.3 Å². The smallest absolute Gasteiger partial charge is 0.336 e. The number of esters is 1. The second-order valence-corrected chi connectivity index (χ2v) is 7.07. The van der Waals surface area contributed by atoms with Crippen molar-refractivity contribution in [3.05, 3.63) is 40.2 Å². The Hall–Kier alpha value is -2.30. The highest BCUT2D eigenvalue weighted by Gasteiger charge is 2.40. The van der Waals surface area contributed by atoms with Gasteiger partial charge in [0.15, 0.2) is 0 Å². The standard InChI is InChI=1S/C19H20O5/c20-15-3-4-16-14(8-19(22)24-17(16)9-15)10-23-18(21)7-13-6-11-1-2-12(13)5-11/h3-4,8-9,11-13,20H,1-2,5-7,10H2/t11-,12-,13+/m1/s1. The first-order valence-corrected chi connectivity index (χ1v) is 8.50. The lowest BCUT2D eigenvalue weighted by Crippen LogP contribution is -2.17. The van der Waals surface area contributed by atoms with E-state index in [0.29, 0.717) is 34.8 Å². The molecule has 1 heterocycles. The number of hydrogen-bond donors (Lipinski definition) is 1. The van der Waals surface area contributed by atoms with Crippen LogP contribution in [-0.2, 0) is 16.1 Å². The number of fused-ring (bicyclic) bond motifs is 3. The zero-order chi connectivity index (χ0) is 16.7. The summed E-state index contributed by atoms with van der Waals surface area (Å²) in [5.41, 5.74) is 0.372. The highest BCUT2D eigenvalue weighted by atomic mass is 16.5. The van der Waals surface area contributed by atoms with E-state index in [9.17, 15) is 14.7 Å². The zero-order valence-corrected chi connectivity index (χ0v) is 13.4. The van der Waals surface area contributed by atoms with E-state index in [1.807, 2.05) is 0 Å². The topological polar surface area (TPSA) is 76.7 Å². The molecule has 1 N–H and O–H groups in total. The average molecular weight is 328 g/mol. The van der Waals surface area contributed by atoms with Gasteiger partial charge in [-0.3, -0.25) is 4.79 Å². The van der Waals surface area contributed by atoms with Crippen molar-refractivity contribution in [2.45, 2.75) is 38.7 Å². The first kappa shape index (κ1) is 15.2. The average Bonchev–Trinajstić information content (AvgIpc) is 3.14. The van der Waals surface area contributed by atoms with Crippen LogP contribution >= 0.6 is 0 Å². The largest absolute Gasteiger partial charge is 0.508 e. The Morgan fingerprint density at radius 1 is 1.25 bits per heavy atom. The van der Waals surface area contributed by atoms with E-state index in [0.717, 1.165) is 12.3 Å². The van der Waals surface area contributed by atoms with Gasteiger partial charge in [-0.1, -0.05) is 6.42 Å². The maximum absolute atomic E-state index is 12.2. The van der Waals surface area contributed by atoms with Crippen molar-refractivity contribution in [3.63, 3.8) is 0 Å². The highest BCUT2D eigenvalue weighted by molar-refractivity contribution is 5.81. The van der Waals surface area contributed by atoms with Gasteiger partial charge in [-0.05, 0) is 49.1 Å². The van der Waals surface area contributed by atoms with Gasteiger partial charge in [0.2, 0.25) is 0 Å². The number of phenols is 1. The van der Waals surface area contributed by atoms with Crippen molar-refractivity contribution in [1.82, 2.24) is 0 Å². The minimum Gasteiger partial charge on any atom is -0.508 e. The van der Waals surface area contributed by atoms with Crippen LogP contribution in [0.5, 0.6) is 5.75 Å². The predicted molar refractivity (Wildman–Crippen MR) is 87.5 cm³/mol. The van der Waals surface area contributed by atoms with Gasteiger partial charge in [0.05, 0.1) is 0 Å². The monoisotopic (exact) mass is 328 g/mol. The summed E-state index contributed by atoms with van der Waals surface area (Å²) in [7, 11) is 0. The first-order chi connectivity index (χ1) is 11.6. The van der Waals surface area contributed by atoms with E-state index in [4.69, 9.17) is 9.15 Å². The first-order valence-electron chi connectivity index (χ1n) is 8.50. The molecule has 1 aromatic carbocycles. The number of ether oxygens (including phenoxy) is 1. The lowest BCUT2D eigenvalue weighted by atomic mass is 9.86. The summed E-state index contributed by atoms with van der Waals surface area (Å²) in [5.74, 6) is 1.79. The van der Waals surface area contributed by atoms with Gasteiger partial charge in [-0.15, -0.1) is 0 Å². The van der Waals surface area contributed by atoms with Crippen LogP contribution in [0.2, 0.25) is 0 Å². The van der Waals surface area contributed by atoms with E-state index in [-0.39, 0.29) is 18.3 Å². The van der Waals surface area contributed by atoms with Crippen molar-refractivity contribution >= 4 is 16.9 Å². The van der Waals surface area contributed by atoms with Crippen LogP contribution in [0, 0.1) is 17.8 Å². The molecule has 2 aromatic rings. The molecule has 0 saturated heterocycles. The lowest BCUT2D eigenvalue weighted by Gasteiger charge is -2.20. The Kier molecular flexibility index (Phi) is 3.79. The number of aromatic hydroxyl groups is 1. The molecule has 3 atom stereocenters.